The molecule has 0 aromatic rings. The minimum atomic E-state index is -5.84. The maximum atomic E-state index is 12.0. The summed E-state index contributed by atoms with van der Waals surface area (Å²) >= 11 is 0. The van der Waals surface area contributed by atoms with Gasteiger partial charge in [0.25, 0.3) is 5.60 Å². The zero-order valence-corrected chi connectivity index (χ0v) is 7.54. The number of aliphatic hydroxyl groups is 1. The molecule has 0 atom stereocenters. The van der Waals surface area contributed by atoms with E-state index in [4.69, 9.17) is 5.11 Å². The summed E-state index contributed by atoms with van der Waals surface area (Å²) in [5.41, 5.74) is -4.83. The van der Waals surface area contributed by atoms with Crippen molar-refractivity contribution in [3.63, 3.8) is 0 Å². The number of rotatable bonds is 3. The van der Waals surface area contributed by atoms with Gasteiger partial charge in [-0.1, -0.05) is 6.58 Å². The van der Waals surface area contributed by atoms with E-state index in [9.17, 15) is 26.3 Å². The van der Waals surface area contributed by atoms with Crippen molar-refractivity contribution in [2.75, 3.05) is 7.11 Å². The Morgan fingerprint density at radius 2 is 1.47 bits per heavy atom. The van der Waals surface area contributed by atoms with Gasteiger partial charge in [-0.25, -0.2) is 0 Å². The second kappa shape index (κ2) is 3.92. The first kappa shape index (κ1) is 14.1. The molecule has 0 radical (unpaired) electrons. The van der Waals surface area contributed by atoms with Crippen molar-refractivity contribution in [3.05, 3.63) is 12.3 Å². The number of methoxy groups -OCH3 is 1. The summed E-state index contributed by atoms with van der Waals surface area (Å²) < 4.78 is 76.3. The van der Waals surface area contributed by atoms with Gasteiger partial charge in [0, 0.05) is 0 Å². The second-order valence-electron chi connectivity index (χ2n) is 2.78. The van der Waals surface area contributed by atoms with Gasteiger partial charge >= 0.3 is 12.4 Å². The third-order valence-corrected chi connectivity index (χ3v) is 1.68. The Morgan fingerprint density at radius 3 is 1.67 bits per heavy atom. The number of alkyl halides is 6. The van der Waals surface area contributed by atoms with E-state index in [0.717, 1.165) is 7.11 Å². The van der Waals surface area contributed by atoms with Crippen molar-refractivity contribution < 1.29 is 36.2 Å². The summed E-state index contributed by atoms with van der Waals surface area (Å²) in [6, 6.07) is 0. The molecule has 0 aromatic carbocycles. The molecule has 0 bridgehead atoms. The zero-order chi connectivity index (χ0) is 12.5. The fraction of sp³-hybridized carbons (Fsp3) is 0.714. The molecular formula is C7H8F6O2. The number of ether oxygens (including phenoxy) is 1. The average Bonchev–Trinajstić information content (AvgIpc) is 1.99. The first-order chi connectivity index (χ1) is 6.45. The van der Waals surface area contributed by atoms with Crippen LogP contribution < -0.4 is 0 Å². The zero-order valence-electron chi connectivity index (χ0n) is 7.54. The monoisotopic (exact) mass is 238 g/mol. The summed E-state index contributed by atoms with van der Waals surface area (Å²) in [7, 11) is 0.857. The third kappa shape index (κ3) is 2.77. The maximum absolute atomic E-state index is 12.0. The van der Waals surface area contributed by atoms with Crippen LogP contribution in [0.25, 0.3) is 0 Å². The number of hydrogen-bond acceptors (Lipinski definition) is 2. The molecule has 0 unspecified atom stereocenters. The minimum absolute atomic E-state index is 0.813. The number of halogens is 6. The lowest BCUT2D eigenvalue weighted by atomic mass is 9.97. The average molecular weight is 238 g/mol. The van der Waals surface area contributed by atoms with Gasteiger partial charge in [0.2, 0.25) is 0 Å². The van der Waals surface area contributed by atoms with Crippen LogP contribution in [0.1, 0.15) is 6.42 Å². The van der Waals surface area contributed by atoms with E-state index < -0.39 is 30.1 Å². The van der Waals surface area contributed by atoms with E-state index in [0.29, 0.717) is 0 Å². The molecule has 0 amide bonds. The van der Waals surface area contributed by atoms with Crippen LogP contribution in [-0.4, -0.2) is 30.2 Å². The van der Waals surface area contributed by atoms with Crippen molar-refractivity contribution in [2.45, 2.75) is 24.4 Å². The molecule has 0 aliphatic rings. The van der Waals surface area contributed by atoms with Crippen LogP contribution in [0.3, 0.4) is 0 Å². The van der Waals surface area contributed by atoms with Gasteiger partial charge in [-0.05, 0) is 0 Å². The lowest BCUT2D eigenvalue weighted by Crippen LogP contribution is -2.57. The van der Waals surface area contributed by atoms with E-state index in [2.05, 4.69) is 11.3 Å². The van der Waals surface area contributed by atoms with E-state index in [-0.39, 0.29) is 0 Å². The maximum Gasteiger partial charge on any atom is 0.426 e. The van der Waals surface area contributed by atoms with E-state index >= 15 is 0 Å². The fourth-order valence-electron chi connectivity index (χ4n) is 0.719. The Kier molecular flexibility index (Phi) is 3.67. The first-order valence-electron chi connectivity index (χ1n) is 3.53. The molecular weight excluding hydrogens is 230 g/mol. The highest BCUT2D eigenvalue weighted by Gasteiger charge is 2.70. The molecule has 2 nitrogen and oxygen atoms in total. The highest BCUT2D eigenvalue weighted by atomic mass is 19.4. The van der Waals surface area contributed by atoms with Crippen LogP contribution in [0, 0.1) is 0 Å². The number of hydrogen-bond donors (Lipinski definition) is 1. The van der Waals surface area contributed by atoms with Gasteiger partial charge in [-0.15, -0.1) is 0 Å². The predicted octanol–water partition coefficient (Wildman–Crippen LogP) is 2.39. The largest absolute Gasteiger partial charge is 0.502 e. The summed E-state index contributed by atoms with van der Waals surface area (Å²) in [4.78, 5) is 0. The molecule has 0 spiro atoms. The standard InChI is InChI=1S/C7H8F6O2/c1-4(15-2)3-5(14,6(8,9)10)7(11,12)13/h14H,1,3H2,2H3. The van der Waals surface area contributed by atoms with E-state index in [1.807, 2.05) is 0 Å². The normalized spacial score (nSPS) is 13.9. The molecule has 15 heavy (non-hydrogen) atoms. The summed E-state index contributed by atoms with van der Waals surface area (Å²) in [5, 5.41) is 8.59. The summed E-state index contributed by atoms with van der Waals surface area (Å²) in [6.45, 7) is 2.80. The van der Waals surface area contributed by atoms with Crippen LogP contribution in [0.15, 0.2) is 12.3 Å². The Balaban J connectivity index is 5.15. The minimum Gasteiger partial charge on any atom is -0.502 e. The third-order valence-electron chi connectivity index (χ3n) is 1.68. The Bertz CT molecular complexity index is 227. The quantitative estimate of drug-likeness (QED) is 0.604. The van der Waals surface area contributed by atoms with Gasteiger partial charge in [0.1, 0.15) is 0 Å². The highest BCUT2D eigenvalue weighted by molar-refractivity contribution is 5.02. The molecule has 8 heteroatoms. The Hall–Kier alpha value is -0.920. The van der Waals surface area contributed by atoms with Crippen LogP contribution in [0.2, 0.25) is 0 Å². The highest BCUT2D eigenvalue weighted by Crippen LogP contribution is 2.46. The van der Waals surface area contributed by atoms with Crippen LogP contribution in [0.4, 0.5) is 26.3 Å². The molecule has 1 N–H and O–H groups in total. The van der Waals surface area contributed by atoms with Crippen molar-refractivity contribution in [1.29, 1.82) is 0 Å². The van der Waals surface area contributed by atoms with Crippen molar-refractivity contribution in [3.8, 4) is 0 Å². The Morgan fingerprint density at radius 1 is 1.13 bits per heavy atom. The molecule has 0 rings (SSSR count). The van der Waals surface area contributed by atoms with Crippen molar-refractivity contribution in [2.24, 2.45) is 0 Å². The van der Waals surface area contributed by atoms with Crippen molar-refractivity contribution in [1.82, 2.24) is 0 Å². The molecule has 90 valence electrons. The van der Waals surface area contributed by atoms with Crippen molar-refractivity contribution >= 4 is 0 Å². The van der Waals surface area contributed by atoms with Crippen LogP contribution in [-0.2, 0) is 4.74 Å². The molecule has 0 saturated heterocycles. The SMILES string of the molecule is C=C(CC(O)(C(F)(F)F)C(F)(F)F)OC. The van der Waals surface area contributed by atoms with Gasteiger partial charge in [-0.2, -0.15) is 26.3 Å². The van der Waals surface area contributed by atoms with E-state index in [1.165, 1.54) is 0 Å². The van der Waals surface area contributed by atoms with Gasteiger partial charge in [-0.3, -0.25) is 0 Å². The van der Waals surface area contributed by atoms with E-state index in [1.54, 1.807) is 0 Å². The molecule has 0 heterocycles. The Labute approximate surface area is 81.1 Å². The lowest BCUT2D eigenvalue weighted by molar-refractivity contribution is -0.368. The van der Waals surface area contributed by atoms with Crippen LogP contribution >= 0.6 is 0 Å². The molecule has 0 aliphatic heterocycles. The molecule has 0 aromatic heterocycles. The second-order valence-corrected chi connectivity index (χ2v) is 2.78. The topological polar surface area (TPSA) is 29.5 Å². The fourth-order valence-corrected chi connectivity index (χ4v) is 0.719. The predicted molar refractivity (Wildman–Crippen MR) is 37.8 cm³/mol. The summed E-state index contributed by atoms with van der Waals surface area (Å²) in [6.07, 6.45) is -13.5. The first-order valence-corrected chi connectivity index (χ1v) is 3.53. The van der Waals surface area contributed by atoms with Gasteiger partial charge < -0.3 is 9.84 Å². The molecule has 0 aliphatic carbocycles. The van der Waals surface area contributed by atoms with Gasteiger partial charge in [0.15, 0.2) is 0 Å². The van der Waals surface area contributed by atoms with Crippen LogP contribution in [0.5, 0.6) is 0 Å². The molecule has 0 fully saturated rings. The smallest absolute Gasteiger partial charge is 0.426 e. The summed E-state index contributed by atoms with van der Waals surface area (Å²) in [5.74, 6) is -0.813. The van der Waals surface area contributed by atoms with Gasteiger partial charge in [0.05, 0.1) is 19.3 Å². The lowest BCUT2D eigenvalue weighted by Gasteiger charge is -2.32. The molecule has 0 saturated carbocycles.